The lowest BCUT2D eigenvalue weighted by atomic mass is 9.89. The minimum atomic E-state index is -0.575. The predicted molar refractivity (Wildman–Crippen MR) is 88.9 cm³/mol. The fourth-order valence-electron chi connectivity index (χ4n) is 3.15. The van der Waals surface area contributed by atoms with Gasteiger partial charge in [0.15, 0.2) is 5.78 Å². The molecule has 0 saturated heterocycles. The first-order valence-electron chi connectivity index (χ1n) is 7.80. The van der Waals surface area contributed by atoms with Crippen molar-refractivity contribution in [3.8, 4) is 0 Å². The van der Waals surface area contributed by atoms with Crippen molar-refractivity contribution in [3.63, 3.8) is 0 Å². The van der Waals surface area contributed by atoms with Crippen molar-refractivity contribution < 1.29 is 23.1 Å². The largest absolute Gasteiger partial charge is 0.463 e. The molecule has 3 aromatic rings. The molecule has 1 N–H and O–H groups in total. The highest BCUT2D eigenvalue weighted by Crippen LogP contribution is 2.32. The van der Waals surface area contributed by atoms with Crippen molar-refractivity contribution in [3.05, 3.63) is 64.5 Å². The SMILES string of the molecule is COC(=O)c1ccc(/C=C2/CCc3[nH]c4ccc(F)cc4c3C2=O)o1. The standard InChI is InChI=1S/C19H14FNO4/c1-24-19(23)16-7-4-12(25-16)8-10-2-5-15-17(18(10)22)13-9-11(20)3-6-14(13)21-15/h3-4,6-9,21H,2,5H2,1H3/b10-8-. The van der Waals surface area contributed by atoms with E-state index in [2.05, 4.69) is 9.72 Å². The maximum absolute atomic E-state index is 13.6. The number of benzene rings is 1. The first kappa shape index (κ1) is 15.4. The smallest absolute Gasteiger partial charge is 0.373 e. The number of hydrogen-bond acceptors (Lipinski definition) is 4. The summed E-state index contributed by atoms with van der Waals surface area (Å²) >= 11 is 0. The summed E-state index contributed by atoms with van der Waals surface area (Å²) in [5, 5.41) is 0.584. The zero-order chi connectivity index (χ0) is 17.6. The van der Waals surface area contributed by atoms with E-state index in [9.17, 15) is 14.0 Å². The lowest BCUT2D eigenvalue weighted by Crippen LogP contribution is -2.13. The van der Waals surface area contributed by atoms with Crippen molar-refractivity contribution >= 4 is 28.7 Å². The highest BCUT2D eigenvalue weighted by atomic mass is 19.1. The van der Waals surface area contributed by atoms with Crippen LogP contribution in [0.1, 0.15) is 38.8 Å². The van der Waals surface area contributed by atoms with Crippen LogP contribution in [-0.2, 0) is 11.2 Å². The van der Waals surface area contributed by atoms with Gasteiger partial charge in [0.05, 0.1) is 12.7 Å². The number of halogens is 1. The van der Waals surface area contributed by atoms with Crippen molar-refractivity contribution in [2.24, 2.45) is 0 Å². The Morgan fingerprint density at radius 1 is 1.28 bits per heavy atom. The molecule has 1 aliphatic rings. The summed E-state index contributed by atoms with van der Waals surface area (Å²) in [6.07, 6.45) is 2.80. The maximum atomic E-state index is 13.6. The second-order valence-electron chi connectivity index (χ2n) is 5.86. The third kappa shape index (κ3) is 2.55. The lowest BCUT2D eigenvalue weighted by Gasteiger charge is -2.13. The van der Waals surface area contributed by atoms with E-state index in [-0.39, 0.29) is 17.4 Å². The second kappa shape index (κ2) is 5.73. The number of carbonyl (C=O) groups is 2. The minimum absolute atomic E-state index is 0.0764. The monoisotopic (exact) mass is 339 g/mol. The van der Waals surface area contributed by atoms with E-state index in [1.165, 1.54) is 25.3 Å². The van der Waals surface area contributed by atoms with Gasteiger partial charge in [-0.15, -0.1) is 0 Å². The lowest BCUT2D eigenvalue weighted by molar-refractivity contribution is 0.0564. The van der Waals surface area contributed by atoms with Crippen LogP contribution in [0.4, 0.5) is 4.39 Å². The summed E-state index contributed by atoms with van der Waals surface area (Å²) in [7, 11) is 1.27. The molecule has 2 heterocycles. The van der Waals surface area contributed by atoms with Crippen molar-refractivity contribution in [2.45, 2.75) is 12.8 Å². The number of aryl methyl sites for hydroxylation is 1. The van der Waals surface area contributed by atoms with E-state index in [1.807, 2.05) is 0 Å². The average molecular weight is 339 g/mol. The van der Waals surface area contributed by atoms with Crippen LogP contribution in [0.15, 0.2) is 40.3 Å². The van der Waals surface area contributed by atoms with Gasteiger partial charge in [0.25, 0.3) is 0 Å². The van der Waals surface area contributed by atoms with Crippen LogP contribution < -0.4 is 0 Å². The van der Waals surface area contributed by atoms with Crippen molar-refractivity contribution in [1.29, 1.82) is 0 Å². The van der Waals surface area contributed by atoms with Crippen LogP contribution >= 0.6 is 0 Å². The Balaban J connectivity index is 1.74. The first-order valence-corrected chi connectivity index (χ1v) is 7.80. The van der Waals surface area contributed by atoms with Crippen LogP contribution in [0.2, 0.25) is 0 Å². The van der Waals surface area contributed by atoms with Gasteiger partial charge in [0, 0.05) is 22.2 Å². The minimum Gasteiger partial charge on any atom is -0.463 e. The summed E-state index contributed by atoms with van der Waals surface area (Å²) in [5.74, 6) is -0.638. The van der Waals surface area contributed by atoms with Gasteiger partial charge in [-0.05, 0) is 49.2 Å². The molecule has 126 valence electrons. The number of ketones is 1. The molecule has 0 amide bonds. The quantitative estimate of drug-likeness (QED) is 0.568. The zero-order valence-electron chi connectivity index (χ0n) is 13.4. The Morgan fingerprint density at radius 2 is 2.12 bits per heavy atom. The number of rotatable bonds is 2. The molecule has 0 radical (unpaired) electrons. The molecule has 5 nitrogen and oxygen atoms in total. The molecule has 0 aliphatic heterocycles. The Bertz CT molecular complexity index is 1040. The summed E-state index contributed by atoms with van der Waals surface area (Å²) in [4.78, 5) is 27.5. The summed E-state index contributed by atoms with van der Waals surface area (Å²) in [5.41, 5.74) is 2.62. The predicted octanol–water partition coefficient (Wildman–Crippen LogP) is 3.90. The highest BCUT2D eigenvalue weighted by molar-refractivity contribution is 6.19. The third-order valence-electron chi connectivity index (χ3n) is 4.33. The number of esters is 1. The van der Waals surface area contributed by atoms with Gasteiger partial charge in [0.2, 0.25) is 5.76 Å². The highest BCUT2D eigenvalue weighted by Gasteiger charge is 2.26. The Labute approximate surface area is 142 Å². The maximum Gasteiger partial charge on any atom is 0.373 e. The normalized spacial score (nSPS) is 15.6. The molecule has 0 atom stereocenters. The molecular weight excluding hydrogens is 325 g/mol. The van der Waals surface area contributed by atoms with Crippen LogP contribution in [0.25, 0.3) is 17.0 Å². The number of hydrogen-bond donors (Lipinski definition) is 1. The number of allylic oxidation sites excluding steroid dienone is 1. The first-order chi connectivity index (χ1) is 12.1. The summed E-state index contributed by atoms with van der Waals surface area (Å²) < 4.78 is 23.6. The number of carbonyl (C=O) groups excluding carboxylic acids is 2. The number of nitrogens with one attached hydrogen (secondary N) is 1. The molecule has 4 rings (SSSR count). The molecule has 1 aliphatic carbocycles. The number of H-pyrrole nitrogens is 1. The Morgan fingerprint density at radius 3 is 2.92 bits per heavy atom. The van der Waals surface area contributed by atoms with E-state index in [0.29, 0.717) is 35.1 Å². The van der Waals surface area contributed by atoms with Crippen LogP contribution in [0, 0.1) is 5.82 Å². The van der Waals surface area contributed by atoms with Gasteiger partial charge in [-0.25, -0.2) is 9.18 Å². The number of furan rings is 1. The Hall–Kier alpha value is -3.15. The molecule has 0 bridgehead atoms. The molecule has 0 saturated carbocycles. The van der Waals surface area contributed by atoms with Crippen molar-refractivity contribution in [2.75, 3.05) is 7.11 Å². The number of aromatic amines is 1. The number of ether oxygens (including phenoxy) is 1. The van der Waals surface area contributed by atoms with Gasteiger partial charge < -0.3 is 14.1 Å². The van der Waals surface area contributed by atoms with Crippen LogP contribution in [-0.4, -0.2) is 23.8 Å². The third-order valence-corrected chi connectivity index (χ3v) is 4.33. The average Bonchev–Trinajstić information content (AvgIpc) is 3.21. The van der Waals surface area contributed by atoms with Gasteiger partial charge >= 0.3 is 5.97 Å². The van der Waals surface area contributed by atoms with E-state index in [1.54, 1.807) is 18.2 Å². The number of Topliss-reactive ketones (excluding diaryl/α,β-unsaturated/α-hetero) is 1. The van der Waals surface area contributed by atoms with E-state index in [0.717, 1.165) is 11.2 Å². The fraction of sp³-hybridized carbons (Fsp3) is 0.158. The fourth-order valence-corrected chi connectivity index (χ4v) is 3.15. The Kier molecular flexibility index (Phi) is 3.53. The molecule has 0 unspecified atom stereocenters. The number of aromatic nitrogens is 1. The molecule has 0 spiro atoms. The topological polar surface area (TPSA) is 72.3 Å². The van der Waals surface area contributed by atoms with Gasteiger partial charge in [-0.3, -0.25) is 4.79 Å². The molecule has 1 aromatic carbocycles. The van der Waals surface area contributed by atoms with Crippen LogP contribution in [0.5, 0.6) is 0 Å². The second-order valence-corrected chi connectivity index (χ2v) is 5.86. The van der Waals surface area contributed by atoms with E-state index < -0.39 is 5.97 Å². The van der Waals surface area contributed by atoms with E-state index in [4.69, 9.17) is 4.42 Å². The van der Waals surface area contributed by atoms with Crippen molar-refractivity contribution in [1.82, 2.24) is 4.98 Å². The molecule has 0 fully saturated rings. The van der Waals surface area contributed by atoms with Gasteiger partial charge in [-0.1, -0.05) is 0 Å². The number of fused-ring (bicyclic) bond motifs is 3. The molecule has 25 heavy (non-hydrogen) atoms. The molecule has 6 heteroatoms. The van der Waals surface area contributed by atoms with Crippen LogP contribution in [0.3, 0.4) is 0 Å². The molecular formula is C19H14FNO4. The zero-order valence-corrected chi connectivity index (χ0v) is 13.4. The van der Waals surface area contributed by atoms with Gasteiger partial charge in [0.1, 0.15) is 11.6 Å². The van der Waals surface area contributed by atoms with E-state index >= 15 is 0 Å². The molecule has 2 aromatic heterocycles. The summed E-state index contributed by atoms with van der Waals surface area (Å²) in [6, 6.07) is 7.47. The van der Waals surface area contributed by atoms with Gasteiger partial charge in [-0.2, -0.15) is 0 Å². The summed E-state index contributed by atoms with van der Waals surface area (Å²) in [6.45, 7) is 0. The number of methoxy groups -OCH3 is 1.